The number of nitrogens with zero attached hydrogens (tertiary/aromatic N) is 4. The maximum Gasteiger partial charge on any atom is 0.419 e. The number of rotatable bonds is 5. The van der Waals surface area contributed by atoms with Gasteiger partial charge in [0.2, 0.25) is 0 Å². The second-order valence-corrected chi connectivity index (χ2v) is 9.22. The van der Waals surface area contributed by atoms with E-state index in [1.54, 1.807) is 0 Å². The lowest BCUT2D eigenvalue weighted by Gasteiger charge is -2.24. The highest BCUT2D eigenvalue weighted by Gasteiger charge is 2.37. The van der Waals surface area contributed by atoms with Crippen LogP contribution in [0.5, 0.6) is 0 Å². The molecule has 3 aromatic rings. The number of aromatic nitrogens is 2. The fourth-order valence-corrected chi connectivity index (χ4v) is 5.36. The zero-order valence-electron chi connectivity index (χ0n) is 16.8. The number of thioether (sulfide) groups is 1. The van der Waals surface area contributed by atoms with Crippen LogP contribution < -0.4 is 9.80 Å². The first-order chi connectivity index (χ1) is 16.1. The second kappa shape index (κ2) is 9.39. The Morgan fingerprint density at radius 1 is 1.26 bits per heavy atom. The predicted octanol–water partition coefficient (Wildman–Crippen LogP) is 5.29. The number of pyridine rings is 1. The molecule has 34 heavy (non-hydrogen) atoms. The smallest absolute Gasteiger partial charge is 0.419 e. The number of benzene rings is 1. The van der Waals surface area contributed by atoms with Crippen LogP contribution in [0.4, 0.5) is 34.2 Å². The topological polar surface area (TPSA) is 86.6 Å². The summed E-state index contributed by atoms with van der Waals surface area (Å²) in [5.74, 6) is -2.83. The lowest BCUT2D eigenvalue weighted by atomic mass is 10.1. The Labute approximate surface area is 203 Å². The Kier molecular flexibility index (Phi) is 6.69. The van der Waals surface area contributed by atoms with E-state index >= 15 is 0 Å². The Balaban J connectivity index is 1.75. The van der Waals surface area contributed by atoms with Crippen molar-refractivity contribution in [3.63, 3.8) is 0 Å². The number of aliphatic carboxylic acids is 1. The van der Waals surface area contributed by atoms with Gasteiger partial charge in [0.1, 0.15) is 11.9 Å². The van der Waals surface area contributed by atoms with Crippen molar-refractivity contribution < 1.29 is 32.3 Å². The van der Waals surface area contributed by atoms with E-state index in [0.29, 0.717) is 22.6 Å². The van der Waals surface area contributed by atoms with Gasteiger partial charge in [-0.2, -0.15) is 13.2 Å². The summed E-state index contributed by atoms with van der Waals surface area (Å²) in [5, 5.41) is 10.8. The third-order valence-electron chi connectivity index (χ3n) is 4.85. The van der Waals surface area contributed by atoms with Crippen LogP contribution in [0, 0.1) is 5.82 Å². The third kappa shape index (κ3) is 4.55. The summed E-state index contributed by atoms with van der Waals surface area (Å²) in [7, 11) is 0. The molecule has 0 spiro atoms. The molecule has 178 valence electrons. The Hall–Kier alpha value is -2.90. The van der Waals surface area contributed by atoms with Gasteiger partial charge in [0.05, 0.1) is 27.7 Å². The highest BCUT2D eigenvalue weighted by atomic mass is 35.5. The SMILES string of the molecule is O=C(O)C1CSCN1c1ncc(C(=O)N(c2nccs2)c2cccc(C(F)(F)F)c2F)cc1Cl. The number of carbonyl (C=O) groups excluding carboxylic acids is 1. The normalized spacial score (nSPS) is 16.0. The fourth-order valence-electron chi connectivity index (χ4n) is 3.28. The van der Waals surface area contributed by atoms with E-state index in [2.05, 4.69) is 9.97 Å². The summed E-state index contributed by atoms with van der Waals surface area (Å²) >= 11 is 8.59. The molecule has 1 unspecified atom stereocenters. The van der Waals surface area contributed by atoms with Crippen LogP contribution in [-0.2, 0) is 11.0 Å². The molecule has 1 N–H and O–H groups in total. The standard InChI is InChI=1S/C20H13ClF4N4O3S2/c21-12-6-10(7-27-16(12)28-9-33-8-14(28)18(31)32)17(30)29(19-26-4-5-34-19)13-3-1-2-11(15(13)22)20(23,24)25/h1-7,14H,8-9H2,(H,31,32). The number of alkyl halides is 3. The van der Waals surface area contributed by atoms with Gasteiger partial charge in [-0.1, -0.05) is 17.7 Å². The summed E-state index contributed by atoms with van der Waals surface area (Å²) in [6.07, 6.45) is -2.55. The molecule has 3 heterocycles. The molecule has 0 saturated carbocycles. The predicted molar refractivity (Wildman–Crippen MR) is 120 cm³/mol. The number of carboxylic acids is 1. The van der Waals surface area contributed by atoms with Gasteiger partial charge in [0.15, 0.2) is 10.9 Å². The number of hydrogen-bond donors (Lipinski definition) is 1. The van der Waals surface area contributed by atoms with Crippen molar-refractivity contribution in [2.75, 3.05) is 21.4 Å². The molecule has 1 amide bonds. The van der Waals surface area contributed by atoms with E-state index in [1.807, 2.05) is 0 Å². The lowest BCUT2D eigenvalue weighted by molar-refractivity contribution is -0.140. The Morgan fingerprint density at radius 3 is 2.65 bits per heavy atom. The molecule has 1 aliphatic rings. The number of anilines is 3. The minimum absolute atomic E-state index is 0.0387. The zero-order valence-corrected chi connectivity index (χ0v) is 19.2. The molecule has 4 rings (SSSR count). The third-order valence-corrected chi connectivity index (χ3v) is 6.89. The summed E-state index contributed by atoms with van der Waals surface area (Å²) in [6.45, 7) is 0. The van der Waals surface area contributed by atoms with Gasteiger partial charge in [-0.15, -0.1) is 23.1 Å². The molecular formula is C20H13ClF4N4O3S2. The first-order valence-corrected chi connectivity index (χ1v) is 11.8. The van der Waals surface area contributed by atoms with Crippen molar-refractivity contribution in [1.82, 2.24) is 9.97 Å². The monoisotopic (exact) mass is 532 g/mol. The Bertz CT molecular complexity index is 1240. The van der Waals surface area contributed by atoms with Gasteiger partial charge < -0.3 is 10.0 Å². The summed E-state index contributed by atoms with van der Waals surface area (Å²) < 4.78 is 54.7. The molecule has 1 aliphatic heterocycles. The molecule has 1 atom stereocenters. The van der Waals surface area contributed by atoms with Crippen LogP contribution in [0.1, 0.15) is 15.9 Å². The first-order valence-electron chi connectivity index (χ1n) is 9.42. The molecule has 1 fully saturated rings. The number of amides is 1. The van der Waals surface area contributed by atoms with Gasteiger partial charge in [-0.3, -0.25) is 4.79 Å². The van der Waals surface area contributed by atoms with Crippen molar-refractivity contribution in [2.24, 2.45) is 0 Å². The van der Waals surface area contributed by atoms with E-state index in [9.17, 15) is 32.3 Å². The molecule has 0 radical (unpaired) electrons. The van der Waals surface area contributed by atoms with Crippen LogP contribution in [0.25, 0.3) is 0 Å². The molecule has 7 nitrogen and oxygen atoms in total. The average Bonchev–Trinajstić information content (AvgIpc) is 3.46. The number of carbonyl (C=O) groups is 2. The van der Waals surface area contributed by atoms with Gasteiger partial charge in [0, 0.05) is 23.5 Å². The van der Waals surface area contributed by atoms with Crippen LogP contribution in [0.2, 0.25) is 5.02 Å². The van der Waals surface area contributed by atoms with Crippen molar-refractivity contribution in [2.45, 2.75) is 12.2 Å². The zero-order chi connectivity index (χ0) is 24.6. The fraction of sp³-hybridized carbons (Fsp3) is 0.200. The molecular weight excluding hydrogens is 520 g/mol. The van der Waals surface area contributed by atoms with Crippen LogP contribution in [0.15, 0.2) is 42.0 Å². The molecule has 1 aromatic carbocycles. The quantitative estimate of drug-likeness (QED) is 0.447. The number of carboxylic acid groups (broad SMARTS) is 1. The molecule has 2 aromatic heterocycles. The van der Waals surface area contributed by atoms with Gasteiger partial charge in [-0.05, 0) is 18.2 Å². The van der Waals surface area contributed by atoms with E-state index < -0.39 is 41.2 Å². The molecule has 0 bridgehead atoms. The summed E-state index contributed by atoms with van der Waals surface area (Å²) in [4.78, 5) is 35.1. The van der Waals surface area contributed by atoms with Crippen molar-refractivity contribution >= 4 is 63.2 Å². The highest BCUT2D eigenvalue weighted by molar-refractivity contribution is 7.99. The van der Waals surface area contributed by atoms with Gasteiger partial charge in [0.25, 0.3) is 5.91 Å². The lowest BCUT2D eigenvalue weighted by Crippen LogP contribution is -2.38. The highest BCUT2D eigenvalue weighted by Crippen LogP contribution is 2.39. The second-order valence-electron chi connectivity index (χ2n) is 6.94. The number of halogens is 5. The molecule has 0 aliphatic carbocycles. The summed E-state index contributed by atoms with van der Waals surface area (Å²) in [6, 6.07) is 2.94. The van der Waals surface area contributed by atoms with Crippen LogP contribution >= 0.6 is 34.7 Å². The first kappa shape index (κ1) is 24.2. The van der Waals surface area contributed by atoms with Crippen molar-refractivity contribution in [1.29, 1.82) is 0 Å². The molecule has 14 heteroatoms. The number of thiazole rings is 1. The maximum atomic E-state index is 14.9. The van der Waals surface area contributed by atoms with Gasteiger partial charge >= 0.3 is 12.1 Å². The number of hydrogen-bond acceptors (Lipinski definition) is 7. The molecule has 1 saturated heterocycles. The summed E-state index contributed by atoms with van der Waals surface area (Å²) in [5.41, 5.74) is -2.33. The minimum atomic E-state index is -4.97. The van der Waals surface area contributed by atoms with Crippen molar-refractivity contribution in [3.8, 4) is 0 Å². The minimum Gasteiger partial charge on any atom is -0.480 e. The Morgan fingerprint density at radius 2 is 2.03 bits per heavy atom. The van der Waals surface area contributed by atoms with E-state index in [-0.39, 0.29) is 21.5 Å². The van der Waals surface area contributed by atoms with Crippen LogP contribution in [0.3, 0.4) is 0 Å². The average molecular weight is 533 g/mol. The van der Waals surface area contributed by atoms with E-state index in [0.717, 1.165) is 29.7 Å². The van der Waals surface area contributed by atoms with E-state index in [4.69, 9.17) is 11.6 Å². The largest absolute Gasteiger partial charge is 0.480 e. The van der Waals surface area contributed by atoms with Crippen LogP contribution in [-0.4, -0.2) is 44.6 Å². The van der Waals surface area contributed by atoms with E-state index in [1.165, 1.54) is 34.3 Å². The van der Waals surface area contributed by atoms with Crippen molar-refractivity contribution in [3.05, 3.63) is 64.0 Å². The maximum absolute atomic E-state index is 14.9. The van der Waals surface area contributed by atoms with Gasteiger partial charge in [-0.25, -0.2) is 24.1 Å².